The van der Waals surface area contributed by atoms with Crippen molar-refractivity contribution in [2.24, 2.45) is 0 Å². The molecule has 1 saturated carbocycles. The molecule has 2 heterocycles. The van der Waals surface area contributed by atoms with Gasteiger partial charge in [0.05, 0.1) is 11.3 Å². The topological polar surface area (TPSA) is 43.2 Å². The van der Waals surface area contributed by atoms with E-state index in [-0.39, 0.29) is 5.82 Å². The molecule has 0 amide bonds. The maximum absolute atomic E-state index is 13.4. The van der Waals surface area contributed by atoms with Gasteiger partial charge in [-0.05, 0) is 71.8 Å². The van der Waals surface area contributed by atoms with Crippen LogP contribution in [0.1, 0.15) is 29.9 Å². The summed E-state index contributed by atoms with van der Waals surface area (Å²) in [5, 5.41) is 9.99. The summed E-state index contributed by atoms with van der Waals surface area (Å²) in [5.74, 6) is 1.23. The molecule has 30 heavy (non-hydrogen) atoms. The lowest BCUT2D eigenvalue weighted by Crippen LogP contribution is -2.47. The minimum atomic E-state index is -0.235. The first-order valence-corrected chi connectivity index (χ1v) is 10.5. The highest BCUT2D eigenvalue weighted by Gasteiger charge is 2.30. The summed E-state index contributed by atoms with van der Waals surface area (Å²) < 4.78 is 13.4. The van der Waals surface area contributed by atoms with Gasteiger partial charge in [-0.15, -0.1) is 0 Å². The molecule has 2 fully saturated rings. The predicted octanol–water partition coefficient (Wildman–Crippen LogP) is 4.96. The van der Waals surface area contributed by atoms with Gasteiger partial charge in [-0.2, -0.15) is 5.26 Å². The minimum Gasteiger partial charge on any atom is -0.367 e. The van der Waals surface area contributed by atoms with Crippen LogP contribution in [0.4, 0.5) is 15.9 Å². The van der Waals surface area contributed by atoms with Crippen LogP contribution in [0, 0.1) is 17.1 Å². The van der Waals surface area contributed by atoms with E-state index in [4.69, 9.17) is 0 Å². The Labute approximate surface area is 176 Å². The molecule has 0 unspecified atom stereocenters. The number of nitriles is 1. The SMILES string of the molecule is N#Cc1c(C2CC2)cc(-c2ccc(F)cc2)cc1N1CCN(c2ccccn2)CC1. The number of halogens is 1. The van der Waals surface area contributed by atoms with Crippen LogP contribution >= 0.6 is 0 Å². The Kier molecular flexibility index (Phi) is 4.84. The van der Waals surface area contributed by atoms with Gasteiger partial charge >= 0.3 is 0 Å². The molecule has 0 radical (unpaired) electrons. The number of piperazine rings is 1. The van der Waals surface area contributed by atoms with Crippen LogP contribution in [-0.2, 0) is 0 Å². The monoisotopic (exact) mass is 398 g/mol. The summed E-state index contributed by atoms with van der Waals surface area (Å²) in [6.45, 7) is 3.40. The van der Waals surface area contributed by atoms with Crippen molar-refractivity contribution in [3.05, 3.63) is 77.7 Å². The third-order valence-electron chi connectivity index (χ3n) is 6.05. The molecule has 0 spiro atoms. The second-order valence-electron chi connectivity index (χ2n) is 8.01. The first-order valence-electron chi connectivity index (χ1n) is 10.5. The average Bonchev–Trinajstić information content (AvgIpc) is 3.65. The molecule has 1 aromatic heterocycles. The van der Waals surface area contributed by atoms with Crippen molar-refractivity contribution < 1.29 is 4.39 Å². The fourth-order valence-corrected chi connectivity index (χ4v) is 4.26. The number of hydrogen-bond acceptors (Lipinski definition) is 4. The van der Waals surface area contributed by atoms with E-state index in [2.05, 4.69) is 33.0 Å². The lowest BCUT2D eigenvalue weighted by atomic mass is 9.94. The zero-order valence-electron chi connectivity index (χ0n) is 16.8. The molecule has 0 bridgehead atoms. The number of benzene rings is 2. The maximum Gasteiger partial charge on any atom is 0.128 e. The highest BCUT2D eigenvalue weighted by atomic mass is 19.1. The van der Waals surface area contributed by atoms with Crippen LogP contribution in [0.2, 0.25) is 0 Å². The Bertz CT molecular complexity index is 1080. The number of rotatable bonds is 4. The maximum atomic E-state index is 13.4. The zero-order valence-corrected chi connectivity index (χ0v) is 16.8. The molecule has 0 atom stereocenters. The summed E-state index contributed by atoms with van der Waals surface area (Å²) in [6, 6.07) is 19.3. The van der Waals surface area contributed by atoms with Gasteiger partial charge < -0.3 is 9.80 Å². The highest BCUT2D eigenvalue weighted by molar-refractivity contribution is 5.76. The number of pyridine rings is 1. The number of nitrogens with zero attached hydrogens (tertiary/aromatic N) is 4. The van der Waals surface area contributed by atoms with Crippen LogP contribution in [0.5, 0.6) is 0 Å². The van der Waals surface area contributed by atoms with Crippen molar-refractivity contribution in [1.29, 1.82) is 5.26 Å². The van der Waals surface area contributed by atoms with Crippen molar-refractivity contribution in [2.75, 3.05) is 36.0 Å². The Balaban J connectivity index is 1.48. The molecule has 5 heteroatoms. The predicted molar refractivity (Wildman–Crippen MR) is 117 cm³/mol. The molecule has 1 saturated heterocycles. The Morgan fingerprint density at radius 2 is 1.63 bits per heavy atom. The van der Waals surface area contributed by atoms with Crippen LogP contribution < -0.4 is 9.80 Å². The van der Waals surface area contributed by atoms with Gasteiger partial charge in [0, 0.05) is 32.4 Å². The van der Waals surface area contributed by atoms with Gasteiger partial charge in [-0.1, -0.05) is 18.2 Å². The first-order chi connectivity index (χ1) is 14.7. The molecule has 4 nitrogen and oxygen atoms in total. The van der Waals surface area contributed by atoms with Crippen molar-refractivity contribution in [1.82, 2.24) is 4.98 Å². The molecule has 2 aromatic carbocycles. The van der Waals surface area contributed by atoms with E-state index in [1.54, 1.807) is 0 Å². The van der Waals surface area contributed by atoms with E-state index in [9.17, 15) is 9.65 Å². The normalized spacial score (nSPS) is 16.4. The molecule has 1 aliphatic carbocycles. The van der Waals surface area contributed by atoms with Crippen LogP contribution in [0.25, 0.3) is 11.1 Å². The Morgan fingerprint density at radius 3 is 2.27 bits per heavy atom. The van der Waals surface area contributed by atoms with Crippen molar-refractivity contribution in [3.8, 4) is 17.2 Å². The summed E-state index contributed by atoms with van der Waals surface area (Å²) >= 11 is 0. The molecule has 1 aliphatic heterocycles. The van der Waals surface area contributed by atoms with E-state index in [1.807, 2.05) is 36.5 Å². The standard InChI is InChI=1S/C25H23FN4/c26-21-8-6-18(7-9-21)20-15-22(19-4-5-19)23(17-27)24(16-20)29-11-13-30(14-12-29)25-3-1-2-10-28-25/h1-3,6-10,15-16,19H,4-5,11-14H2. The number of anilines is 2. The molecular weight excluding hydrogens is 375 g/mol. The number of hydrogen-bond donors (Lipinski definition) is 0. The fraction of sp³-hybridized carbons (Fsp3) is 0.280. The summed E-state index contributed by atoms with van der Waals surface area (Å²) in [5.41, 5.74) is 4.98. The Morgan fingerprint density at radius 1 is 0.900 bits per heavy atom. The van der Waals surface area contributed by atoms with E-state index in [0.717, 1.165) is 72.8 Å². The zero-order chi connectivity index (χ0) is 20.5. The van der Waals surface area contributed by atoms with Gasteiger partial charge in [0.1, 0.15) is 17.7 Å². The van der Waals surface area contributed by atoms with E-state index >= 15 is 0 Å². The number of aromatic nitrogens is 1. The summed E-state index contributed by atoms with van der Waals surface area (Å²) in [4.78, 5) is 9.07. The van der Waals surface area contributed by atoms with Crippen LogP contribution in [0.3, 0.4) is 0 Å². The molecule has 150 valence electrons. The quantitative estimate of drug-likeness (QED) is 0.623. The van der Waals surface area contributed by atoms with Gasteiger partial charge in [0.15, 0.2) is 0 Å². The summed E-state index contributed by atoms with van der Waals surface area (Å²) in [6.07, 6.45) is 4.09. The molecule has 2 aliphatic rings. The van der Waals surface area contributed by atoms with E-state index in [1.165, 1.54) is 12.1 Å². The molecule has 0 N–H and O–H groups in total. The van der Waals surface area contributed by atoms with E-state index in [0.29, 0.717) is 5.92 Å². The Hall–Kier alpha value is -3.39. The van der Waals surface area contributed by atoms with Gasteiger partial charge in [-0.3, -0.25) is 0 Å². The van der Waals surface area contributed by atoms with Crippen molar-refractivity contribution >= 4 is 11.5 Å². The average molecular weight is 398 g/mol. The molecular formula is C25H23FN4. The van der Waals surface area contributed by atoms with Crippen molar-refractivity contribution in [2.45, 2.75) is 18.8 Å². The lowest BCUT2D eigenvalue weighted by molar-refractivity contribution is 0.628. The molecule has 3 aromatic rings. The smallest absolute Gasteiger partial charge is 0.128 e. The van der Waals surface area contributed by atoms with Crippen LogP contribution in [-0.4, -0.2) is 31.2 Å². The second-order valence-corrected chi connectivity index (χ2v) is 8.01. The molecule has 5 rings (SSSR count). The first kappa shape index (κ1) is 18.6. The second kappa shape index (κ2) is 7.79. The van der Waals surface area contributed by atoms with Gasteiger partial charge in [0.25, 0.3) is 0 Å². The largest absolute Gasteiger partial charge is 0.367 e. The van der Waals surface area contributed by atoms with Crippen molar-refractivity contribution in [3.63, 3.8) is 0 Å². The minimum absolute atomic E-state index is 0.235. The van der Waals surface area contributed by atoms with Gasteiger partial charge in [0.2, 0.25) is 0 Å². The lowest BCUT2D eigenvalue weighted by Gasteiger charge is -2.37. The van der Waals surface area contributed by atoms with Crippen LogP contribution in [0.15, 0.2) is 60.8 Å². The third-order valence-corrected chi connectivity index (χ3v) is 6.05. The highest BCUT2D eigenvalue weighted by Crippen LogP contribution is 2.45. The fourth-order valence-electron chi connectivity index (χ4n) is 4.26. The van der Waals surface area contributed by atoms with E-state index < -0.39 is 0 Å². The third kappa shape index (κ3) is 3.61. The summed E-state index contributed by atoms with van der Waals surface area (Å²) in [7, 11) is 0. The van der Waals surface area contributed by atoms with Gasteiger partial charge in [-0.25, -0.2) is 9.37 Å².